The minimum Gasteiger partial charge on any atom is -0.373 e. The van der Waals surface area contributed by atoms with Crippen molar-refractivity contribution in [2.24, 2.45) is 7.05 Å². The Kier molecular flexibility index (Phi) is 13.0. The maximum atomic E-state index is 4.73. The predicted octanol–water partition coefficient (Wildman–Crippen LogP) is 10.1. The predicted molar refractivity (Wildman–Crippen MR) is 205 cm³/mol. The van der Waals surface area contributed by atoms with Gasteiger partial charge in [-0.1, -0.05) is 60.9 Å². The van der Waals surface area contributed by atoms with Crippen molar-refractivity contribution < 1.29 is 20.1 Å². The molecule has 0 aliphatic rings. The van der Waals surface area contributed by atoms with Crippen molar-refractivity contribution in [3.63, 3.8) is 0 Å². The molecular formula is C46H43IrN4. The van der Waals surface area contributed by atoms with Crippen molar-refractivity contribution in [2.45, 2.75) is 53.4 Å². The number of hydrogen-bond acceptors (Lipinski definition) is 3. The molecule has 0 saturated carbocycles. The van der Waals surface area contributed by atoms with E-state index in [0.29, 0.717) is 0 Å². The molecule has 0 spiro atoms. The molecule has 51 heavy (non-hydrogen) atoms. The van der Waals surface area contributed by atoms with Crippen LogP contribution in [-0.4, -0.2) is 19.5 Å². The fourth-order valence-electron chi connectivity index (χ4n) is 5.86. The summed E-state index contributed by atoms with van der Waals surface area (Å²) in [6.45, 7) is 8.48. The Morgan fingerprint density at radius 3 is 1.86 bits per heavy atom. The van der Waals surface area contributed by atoms with Crippen LogP contribution in [0.15, 0.2) is 122 Å². The van der Waals surface area contributed by atoms with E-state index in [1.165, 1.54) is 44.5 Å². The molecule has 4 nitrogen and oxygen atoms in total. The van der Waals surface area contributed by atoms with Gasteiger partial charge in [-0.15, -0.1) is 107 Å². The van der Waals surface area contributed by atoms with Crippen LogP contribution in [-0.2, 0) is 52.8 Å². The average Bonchev–Trinajstić information content (AvgIpc) is 3.58. The molecule has 0 N–H and O–H groups in total. The van der Waals surface area contributed by atoms with Crippen LogP contribution in [0.25, 0.3) is 33.9 Å². The molecule has 0 saturated heterocycles. The summed E-state index contributed by atoms with van der Waals surface area (Å²) in [5.41, 5.74) is 15.4. The van der Waals surface area contributed by atoms with Gasteiger partial charge in [0, 0.05) is 31.8 Å². The van der Waals surface area contributed by atoms with Crippen LogP contribution in [0, 0.1) is 45.9 Å². The third-order valence-corrected chi connectivity index (χ3v) is 9.14. The van der Waals surface area contributed by atoms with E-state index in [4.69, 9.17) is 4.98 Å². The summed E-state index contributed by atoms with van der Waals surface area (Å²) in [6.07, 6.45) is 11.7. The zero-order chi connectivity index (χ0) is 34.9. The van der Waals surface area contributed by atoms with Crippen LogP contribution >= 0.6 is 0 Å². The minimum absolute atomic E-state index is 0. The third-order valence-electron chi connectivity index (χ3n) is 9.14. The van der Waals surface area contributed by atoms with E-state index >= 15 is 0 Å². The van der Waals surface area contributed by atoms with E-state index in [9.17, 15) is 0 Å². The van der Waals surface area contributed by atoms with E-state index < -0.39 is 0 Å². The van der Waals surface area contributed by atoms with E-state index in [1.807, 2.05) is 60.5 Å². The van der Waals surface area contributed by atoms with Gasteiger partial charge in [0.25, 0.3) is 0 Å². The minimum atomic E-state index is 0. The van der Waals surface area contributed by atoms with Crippen LogP contribution in [0.2, 0.25) is 0 Å². The van der Waals surface area contributed by atoms with Gasteiger partial charge in [-0.3, -0.25) is 4.98 Å². The summed E-state index contributed by atoms with van der Waals surface area (Å²) >= 11 is 0. The smallest absolute Gasteiger partial charge is 0.373 e. The van der Waals surface area contributed by atoms with Gasteiger partial charge in [-0.25, -0.2) is 0 Å². The Balaban J connectivity index is 0.000000327. The van der Waals surface area contributed by atoms with Crippen molar-refractivity contribution in [3.05, 3.63) is 185 Å². The number of aryl methyl sites for hydroxylation is 9. The standard InChI is InChI=1S/C36H34N2.C10H9N2.Ir/c1-25-8-15-32(16-9-25)36-21-27(3)34(24-38-36)19-14-31-7-5-6-30(22-31)11-10-29-12-17-33(18-13-29)35-20-26(2)28(4)23-37-35;1-12-8-7-11-10(12)9-5-3-2-4-6-9;/h5-9,12-13,15,17,20-24H,10-11,14,19H2,1-4H3;2-5,7-8H,1H3;/q-2;-1;+3. The Labute approximate surface area is 317 Å². The molecule has 5 heteroatoms. The van der Waals surface area contributed by atoms with E-state index in [1.54, 1.807) is 6.20 Å². The molecule has 4 aromatic carbocycles. The summed E-state index contributed by atoms with van der Waals surface area (Å²) < 4.78 is 1.98. The van der Waals surface area contributed by atoms with E-state index in [0.717, 1.165) is 59.6 Å². The second-order valence-corrected chi connectivity index (χ2v) is 13.0. The number of hydrogen-bond donors (Lipinski definition) is 0. The quantitative estimate of drug-likeness (QED) is 0.136. The molecule has 0 aliphatic carbocycles. The van der Waals surface area contributed by atoms with E-state index in [2.05, 4.69) is 123 Å². The maximum absolute atomic E-state index is 4.73. The second-order valence-electron chi connectivity index (χ2n) is 13.0. The zero-order valence-electron chi connectivity index (χ0n) is 30.0. The normalized spacial score (nSPS) is 10.6. The molecule has 0 aliphatic heterocycles. The number of imidazole rings is 1. The van der Waals surface area contributed by atoms with E-state index in [-0.39, 0.29) is 20.1 Å². The summed E-state index contributed by atoms with van der Waals surface area (Å²) in [5.74, 6) is 0.954. The monoisotopic (exact) mass is 844 g/mol. The molecule has 0 atom stereocenters. The second kappa shape index (κ2) is 17.8. The van der Waals surface area contributed by atoms with Gasteiger partial charge in [0.2, 0.25) is 0 Å². The number of benzene rings is 4. The van der Waals surface area contributed by atoms with Crippen LogP contribution in [0.3, 0.4) is 0 Å². The number of aromatic nitrogens is 4. The van der Waals surface area contributed by atoms with Gasteiger partial charge in [0.15, 0.2) is 0 Å². The Morgan fingerprint density at radius 1 is 0.569 bits per heavy atom. The molecule has 0 fully saturated rings. The SMILES string of the molecule is Cc1c[c-]c(-c2cc(C)c(CCc3cccc(CCc4c[c-]c(-c5cc(C)c(C)cn5)cc4)c3)cn2)cc1.Cn1ccnc1-c1[c-]cccc1.[Ir+3]. The Bertz CT molecular complexity index is 2150. The summed E-state index contributed by atoms with van der Waals surface area (Å²) in [5, 5.41) is 0. The third kappa shape index (κ3) is 10.1. The molecule has 3 aromatic heterocycles. The summed E-state index contributed by atoms with van der Waals surface area (Å²) in [6, 6.07) is 43.8. The van der Waals surface area contributed by atoms with Crippen molar-refractivity contribution >= 4 is 0 Å². The molecule has 0 amide bonds. The van der Waals surface area contributed by atoms with Crippen LogP contribution in [0.5, 0.6) is 0 Å². The number of nitrogens with zero attached hydrogens (tertiary/aromatic N) is 4. The number of rotatable bonds is 9. The molecule has 256 valence electrons. The fourth-order valence-corrected chi connectivity index (χ4v) is 5.86. The van der Waals surface area contributed by atoms with Gasteiger partial charge >= 0.3 is 20.1 Å². The summed E-state index contributed by atoms with van der Waals surface area (Å²) in [7, 11) is 1.98. The maximum Gasteiger partial charge on any atom is 3.00 e. The van der Waals surface area contributed by atoms with Gasteiger partial charge in [0.1, 0.15) is 0 Å². The molecular weight excluding hydrogens is 801 g/mol. The molecule has 3 heterocycles. The molecule has 0 bridgehead atoms. The van der Waals surface area contributed by atoms with Gasteiger partial charge in [-0.05, 0) is 73.7 Å². The van der Waals surface area contributed by atoms with Gasteiger partial charge in [0.05, 0.1) is 5.82 Å². The fraction of sp³-hybridized carbons (Fsp3) is 0.196. The molecule has 0 unspecified atom stereocenters. The topological polar surface area (TPSA) is 43.6 Å². The number of pyridine rings is 2. The Morgan fingerprint density at radius 2 is 1.25 bits per heavy atom. The van der Waals surface area contributed by atoms with Crippen molar-refractivity contribution in [3.8, 4) is 33.9 Å². The average molecular weight is 844 g/mol. The molecule has 7 rings (SSSR count). The molecule has 0 radical (unpaired) electrons. The first-order valence-electron chi connectivity index (χ1n) is 17.2. The largest absolute Gasteiger partial charge is 3.00 e. The first kappa shape index (κ1) is 37.3. The van der Waals surface area contributed by atoms with Crippen LogP contribution in [0.4, 0.5) is 0 Å². The van der Waals surface area contributed by atoms with Crippen molar-refractivity contribution in [1.82, 2.24) is 19.5 Å². The first-order valence-corrected chi connectivity index (χ1v) is 17.2. The first-order chi connectivity index (χ1) is 24.3. The van der Waals surface area contributed by atoms with Gasteiger partial charge < -0.3 is 14.5 Å². The van der Waals surface area contributed by atoms with Crippen LogP contribution < -0.4 is 0 Å². The zero-order valence-corrected chi connectivity index (χ0v) is 32.4. The Hall–Kier alpha value is -4.96. The summed E-state index contributed by atoms with van der Waals surface area (Å²) in [4.78, 5) is 13.5. The van der Waals surface area contributed by atoms with Crippen molar-refractivity contribution in [1.29, 1.82) is 0 Å². The van der Waals surface area contributed by atoms with Crippen molar-refractivity contribution in [2.75, 3.05) is 0 Å². The molecule has 7 aromatic rings. The van der Waals surface area contributed by atoms with Crippen LogP contribution in [0.1, 0.15) is 44.5 Å². The van der Waals surface area contributed by atoms with Gasteiger partial charge in [-0.2, -0.15) is 0 Å².